The number of rotatable bonds is 9. The topological polar surface area (TPSA) is 66.4 Å². The Morgan fingerprint density at radius 1 is 1.15 bits per heavy atom. The maximum atomic E-state index is 12.3. The molecule has 4 nitrogen and oxygen atoms in total. The first-order valence-electron chi connectivity index (χ1n) is 8.35. The van der Waals surface area contributed by atoms with Crippen LogP contribution in [0.25, 0.3) is 6.08 Å². The van der Waals surface area contributed by atoms with Crippen molar-refractivity contribution in [3.05, 3.63) is 89.9 Å². The molecule has 2 rings (SSSR count). The summed E-state index contributed by atoms with van der Waals surface area (Å²) < 4.78 is 5.23. The maximum Gasteiger partial charge on any atom is 0.166 e. The van der Waals surface area contributed by atoms with E-state index in [1.165, 1.54) is 6.21 Å². The van der Waals surface area contributed by atoms with Crippen LogP contribution in [0.2, 0.25) is 0 Å². The SMILES string of the molecule is CN=C(/C=C\CC(=O)c1ccc(C/C=C\C=N)cc1)/C=C/c1ccco1. The number of benzene rings is 1. The minimum Gasteiger partial charge on any atom is -0.465 e. The molecule has 1 aromatic heterocycles. The van der Waals surface area contributed by atoms with Crippen LogP contribution in [-0.2, 0) is 6.42 Å². The van der Waals surface area contributed by atoms with Gasteiger partial charge in [-0.2, -0.15) is 0 Å². The molecule has 0 saturated carbocycles. The second-order valence-electron chi connectivity index (χ2n) is 5.52. The average molecular weight is 346 g/mol. The number of ketones is 1. The van der Waals surface area contributed by atoms with Gasteiger partial charge in [0.05, 0.1) is 12.0 Å². The molecule has 0 atom stereocenters. The lowest BCUT2D eigenvalue weighted by Crippen LogP contribution is -1.98. The predicted octanol–water partition coefficient (Wildman–Crippen LogP) is 4.94. The zero-order valence-electron chi connectivity index (χ0n) is 14.8. The average Bonchev–Trinajstić information content (AvgIpc) is 3.18. The first-order chi connectivity index (χ1) is 12.7. The van der Waals surface area contributed by atoms with Crippen molar-refractivity contribution in [2.75, 3.05) is 7.05 Å². The van der Waals surface area contributed by atoms with Crippen LogP contribution in [0.3, 0.4) is 0 Å². The molecule has 4 heteroatoms. The van der Waals surface area contributed by atoms with E-state index in [0.717, 1.165) is 23.5 Å². The lowest BCUT2D eigenvalue weighted by Gasteiger charge is -2.00. The molecule has 132 valence electrons. The molecule has 0 amide bonds. The molecule has 0 aliphatic carbocycles. The van der Waals surface area contributed by atoms with E-state index >= 15 is 0 Å². The highest BCUT2D eigenvalue weighted by molar-refractivity contribution is 6.06. The summed E-state index contributed by atoms with van der Waals surface area (Å²) in [5, 5.41) is 6.95. The van der Waals surface area contributed by atoms with Gasteiger partial charge in [-0.15, -0.1) is 0 Å². The van der Waals surface area contributed by atoms with E-state index < -0.39 is 0 Å². The van der Waals surface area contributed by atoms with Crippen molar-refractivity contribution in [1.82, 2.24) is 0 Å². The number of furan rings is 1. The minimum atomic E-state index is 0.0632. The van der Waals surface area contributed by atoms with E-state index in [0.29, 0.717) is 12.0 Å². The Morgan fingerprint density at radius 2 is 1.96 bits per heavy atom. The zero-order valence-corrected chi connectivity index (χ0v) is 14.8. The maximum absolute atomic E-state index is 12.3. The van der Waals surface area contributed by atoms with Crippen LogP contribution >= 0.6 is 0 Å². The van der Waals surface area contributed by atoms with Crippen molar-refractivity contribution in [1.29, 1.82) is 5.41 Å². The van der Waals surface area contributed by atoms with Crippen LogP contribution in [-0.4, -0.2) is 24.8 Å². The molecular formula is C22H22N2O2. The fourth-order valence-corrected chi connectivity index (χ4v) is 2.26. The zero-order chi connectivity index (χ0) is 18.6. The van der Waals surface area contributed by atoms with Crippen molar-refractivity contribution in [3.8, 4) is 0 Å². The number of hydrogen-bond acceptors (Lipinski definition) is 4. The summed E-state index contributed by atoms with van der Waals surface area (Å²) in [6, 6.07) is 11.3. The third-order valence-corrected chi connectivity index (χ3v) is 3.67. The Hall–Kier alpha value is -3.27. The summed E-state index contributed by atoms with van der Waals surface area (Å²) >= 11 is 0. The summed E-state index contributed by atoms with van der Waals surface area (Å²) in [5.74, 6) is 0.819. The van der Waals surface area contributed by atoms with Crippen LogP contribution in [0.4, 0.5) is 0 Å². The van der Waals surface area contributed by atoms with E-state index in [1.54, 1.807) is 19.4 Å². The Labute approximate surface area is 153 Å². The van der Waals surface area contributed by atoms with Crippen molar-refractivity contribution in [3.63, 3.8) is 0 Å². The van der Waals surface area contributed by atoms with Gasteiger partial charge in [-0.1, -0.05) is 36.4 Å². The summed E-state index contributed by atoms with van der Waals surface area (Å²) in [6.45, 7) is 0. The summed E-state index contributed by atoms with van der Waals surface area (Å²) in [5.41, 5.74) is 2.57. The van der Waals surface area contributed by atoms with Gasteiger partial charge in [-0.05, 0) is 48.4 Å². The standard InChI is InChI=1S/C22H22N2O2/c1-24-20(14-15-21-8-5-17-26-21)7-4-9-22(25)19-12-10-18(11-13-19)6-2-3-16-23/h2-5,7-8,10-17,23H,6,9H2,1H3/b3-2-,7-4-,15-14+,23-16?,24-20?. The molecule has 1 N–H and O–H groups in total. The second-order valence-corrected chi connectivity index (χ2v) is 5.52. The van der Waals surface area contributed by atoms with Crippen LogP contribution in [0, 0.1) is 5.41 Å². The highest BCUT2D eigenvalue weighted by Gasteiger charge is 2.03. The molecule has 0 aliphatic rings. The van der Waals surface area contributed by atoms with Crippen molar-refractivity contribution in [2.24, 2.45) is 4.99 Å². The van der Waals surface area contributed by atoms with Crippen molar-refractivity contribution >= 4 is 23.8 Å². The van der Waals surface area contributed by atoms with Gasteiger partial charge in [0.25, 0.3) is 0 Å². The smallest absolute Gasteiger partial charge is 0.166 e. The Bertz CT molecular complexity index is 824. The highest BCUT2D eigenvalue weighted by atomic mass is 16.3. The number of Topliss-reactive ketones (excluding diaryl/α,β-unsaturated/α-hetero) is 1. The Kier molecular flexibility index (Phi) is 7.74. The molecule has 1 aromatic carbocycles. The molecule has 0 saturated heterocycles. The molecule has 0 radical (unpaired) electrons. The third-order valence-electron chi connectivity index (χ3n) is 3.67. The van der Waals surface area contributed by atoms with E-state index in [4.69, 9.17) is 9.83 Å². The molecular weight excluding hydrogens is 324 g/mol. The number of allylic oxidation sites excluding steroid dienone is 5. The van der Waals surface area contributed by atoms with Crippen LogP contribution in [0.15, 0.2) is 82.5 Å². The molecule has 1 heterocycles. The van der Waals surface area contributed by atoms with Gasteiger partial charge in [0.15, 0.2) is 5.78 Å². The molecule has 0 bridgehead atoms. The number of carbonyl (C=O) groups excluding carboxylic acids is 1. The largest absolute Gasteiger partial charge is 0.465 e. The van der Waals surface area contributed by atoms with Crippen LogP contribution in [0.5, 0.6) is 0 Å². The van der Waals surface area contributed by atoms with E-state index in [1.807, 2.05) is 66.8 Å². The van der Waals surface area contributed by atoms with Gasteiger partial charge in [-0.25, -0.2) is 0 Å². The monoisotopic (exact) mass is 346 g/mol. The van der Waals surface area contributed by atoms with Crippen molar-refractivity contribution in [2.45, 2.75) is 12.8 Å². The fraction of sp³-hybridized carbons (Fsp3) is 0.136. The van der Waals surface area contributed by atoms with Gasteiger partial charge < -0.3 is 9.83 Å². The van der Waals surface area contributed by atoms with Gasteiger partial charge in [0.1, 0.15) is 5.76 Å². The van der Waals surface area contributed by atoms with E-state index in [9.17, 15) is 4.79 Å². The molecule has 0 unspecified atom stereocenters. The third kappa shape index (κ3) is 6.32. The molecule has 0 aliphatic heterocycles. The summed E-state index contributed by atoms with van der Waals surface area (Å²) in [7, 11) is 1.71. The fourth-order valence-electron chi connectivity index (χ4n) is 2.26. The predicted molar refractivity (Wildman–Crippen MR) is 107 cm³/mol. The van der Waals surface area contributed by atoms with Crippen LogP contribution < -0.4 is 0 Å². The van der Waals surface area contributed by atoms with Gasteiger partial charge in [0, 0.05) is 25.2 Å². The number of nitrogens with one attached hydrogen (secondary N) is 1. The van der Waals surface area contributed by atoms with Gasteiger partial charge in [0.2, 0.25) is 0 Å². The quantitative estimate of drug-likeness (QED) is 0.516. The van der Waals surface area contributed by atoms with Crippen molar-refractivity contribution < 1.29 is 9.21 Å². The Morgan fingerprint density at radius 3 is 2.62 bits per heavy atom. The van der Waals surface area contributed by atoms with Gasteiger partial charge >= 0.3 is 0 Å². The molecule has 0 fully saturated rings. The number of nitrogens with zero attached hydrogens (tertiary/aromatic N) is 1. The summed E-state index contributed by atoms with van der Waals surface area (Å²) in [6.07, 6.45) is 14.9. The van der Waals surface area contributed by atoms with Gasteiger partial charge in [-0.3, -0.25) is 9.79 Å². The molecule has 2 aromatic rings. The second kappa shape index (κ2) is 10.6. The minimum absolute atomic E-state index is 0.0632. The highest BCUT2D eigenvalue weighted by Crippen LogP contribution is 2.09. The van der Waals surface area contributed by atoms with Crippen LogP contribution in [0.1, 0.15) is 28.1 Å². The lowest BCUT2D eigenvalue weighted by atomic mass is 10.0. The number of carbonyl (C=O) groups is 1. The first-order valence-corrected chi connectivity index (χ1v) is 8.35. The Balaban J connectivity index is 1.89. The number of aliphatic imine (C=N–C) groups is 1. The normalized spacial score (nSPS) is 12.4. The lowest BCUT2D eigenvalue weighted by molar-refractivity contribution is 0.0996. The molecule has 0 spiro atoms. The first kappa shape index (κ1) is 19.1. The molecule has 26 heavy (non-hydrogen) atoms. The van der Waals surface area contributed by atoms with E-state index in [-0.39, 0.29) is 5.78 Å². The summed E-state index contributed by atoms with van der Waals surface area (Å²) in [4.78, 5) is 16.4. The van der Waals surface area contributed by atoms with E-state index in [2.05, 4.69) is 4.99 Å². The number of hydrogen-bond donors (Lipinski definition) is 1.